The van der Waals surface area contributed by atoms with Crippen molar-refractivity contribution in [1.29, 1.82) is 0 Å². The second-order valence-electron chi connectivity index (χ2n) is 6.30. The predicted molar refractivity (Wildman–Crippen MR) is 75.0 cm³/mol. The second-order valence-corrected chi connectivity index (χ2v) is 6.30. The Kier molecular flexibility index (Phi) is 6.07. The lowest BCUT2D eigenvalue weighted by atomic mass is 9.94. The monoisotopic (exact) mass is 272 g/mol. The van der Waals surface area contributed by atoms with E-state index in [-0.39, 0.29) is 12.1 Å². The summed E-state index contributed by atoms with van der Waals surface area (Å²) in [4.78, 5) is 13.6. The first-order valence-electron chi connectivity index (χ1n) is 7.07. The summed E-state index contributed by atoms with van der Waals surface area (Å²) in [5.41, 5.74) is 5.33. The molecular formula is C14H28N2O3. The zero-order chi connectivity index (χ0) is 14.5. The highest BCUT2D eigenvalue weighted by Gasteiger charge is 2.27. The van der Waals surface area contributed by atoms with E-state index in [1.807, 2.05) is 20.8 Å². The molecule has 1 saturated heterocycles. The fourth-order valence-electron chi connectivity index (χ4n) is 2.27. The van der Waals surface area contributed by atoms with E-state index in [9.17, 15) is 4.79 Å². The van der Waals surface area contributed by atoms with Gasteiger partial charge in [-0.3, -0.25) is 0 Å². The molecule has 1 fully saturated rings. The van der Waals surface area contributed by atoms with Gasteiger partial charge < -0.3 is 20.1 Å². The van der Waals surface area contributed by atoms with Gasteiger partial charge in [-0.2, -0.15) is 0 Å². The number of rotatable bonds is 4. The lowest BCUT2D eigenvalue weighted by Crippen LogP contribution is -2.45. The molecule has 0 aromatic rings. The lowest BCUT2D eigenvalue weighted by Gasteiger charge is -2.33. The fourth-order valence-corrected chi connectivity index (χ4v) is 2.27. The van der Waals surface area contributed by atoms with Gasteiger partial charge in [0.05, 0.1) is 0 Å². The summed E-state index contributed by atoms with van der Waals surface area (Å²) in [7, 11) is 1.76. The van der Waals surface area contributed by atoms with Gasteiger partial charge in [-0.25, -0.2) is 4.79 Å². The van der Waals surface area contributed by atoms with Crippen molar-refractivity contribution in [3.05, 3.63) is 0 Å². The van der Waals surface area contributed by atoms with Crippen molar-refractivity contribution < 1.29 is 14.3 Å². The van der Waals surface area contributed by atoms with Gasteiger partial charge in [0.25, 0.3) is 0 Å². The van der Waals surface area contributed by atoms with Gasteiger partial charge in [0.15, 0.2) is 0 Å². The molecule has 0 aliphatic carbocycles. The van der Waals surface area contributed by atoms with Crippen LogP contribution in [-0.2, 0) is 9.47 Å². The maximum Gasteiger partial charge on any atom is 0.410 e. The average Bonchev–Trinajstić information content (AvgIpc) is 2.34. The van der Waals surface area contributed by atoms with Crippen LogP contribution in [0.4, 0.5) is 4.79 Å². The number of carbonyl (C=O) groups excluding carboxylic acids is 1. The Morgan fingerprint density at radius 1 is 1.53 bits per heavy atom. The molecule has 0 bridgehead atoms. The molecule has 0 saturated carbocycles. The Morgan fingerprint density at radius 2 is 2.21 bits per heavy atom. The van der Waals surface area contributed by atoms with Crippen LogP contribution in [0.3, 0.4) is 0 Å². The SMILES string of the molecule is CN(C(=O)OC(C)(C)C)C(CN)CC1CCCOC1. The van der Waals surface area contributed by atoms with Crippen LogP contribution in [0.2, 0.25) is 0 Å². The summed E-state index contributed by atoms with van der Waals surface area (Å²) in [6.45, 7) is 7.68. The van der Waals surface area contributed by atoms with Gasteiger partial charge in [0.2, 0.25) is 0 Å². The minimum absolute atomic E-state index is 0.0153. The Labute approximate surface area is 116 Å². The summed E-state index contributed by atoms with van der Waals surface area (Å²) in [5, 5.41) is 0. The first-order valence-corrected chi connectivity index (χ1v) is 7.07. The molecule has 1 rings (SSSR count). The number of amides is 1. The smallest absolute Gasteiger partial charge is 0.410 e. The Bertz CT molecular complexity index is 283. The van der Waals surface area contributed by atoms with Gasteiger partial charge >= 0.3 is 6.09 Å². The van der Waals surface area contributed by atoms with Crippen molar-refractivity contribution in [2.45, 2.75) is 51.7 Å². The molecule has 1 amide bonds. The van der Waals surface area contributed by atoms with Crippen molar-refractivity contribution in [3.8, 4) is 0 Å². The van der Waals surface area contributed by atoms with E-state index < -0.39 is 5.60 Å². The largest absolute Gasteiger partial charge is 0.444 e. The molecule has 0 aromatic carbocycles. The van der Waals surface area contributed by atoms with Gasteiger partial charge in [0, 0.05) is 32.8 Å². The number of hydrogen-bond acceptors (Lipinski definition) is 4. The third-order valence-corrected chi connectivity index (χ3v) is 3.36. The highest BCUT2D eigenvalue weighted by atomic mass is 16.6. The highest BCUT2D eigenvalue weighted by Crippen LogP contribution is 2.21. The standard InChI is InChI=1S/C14H28N2O3/c1-14(2,3)19-13(17)16(4)12(9-15)8-11-6-5-7-18-10-11/h11-12H,5-10,15H2,1-4H3. The minimum Gasteiger partial charge on any atom is -0.444 e. The quantitative estimate of drug-likeness (QED) is 0.850. The molecule has 2 N–H and O–H groups in total. The molecule has 5 heteroatoms. The van der Waals surface area contributed by atoms with Crippen LogP contribution in [0.5, 0.6) is 0 Å². The highest BCUT2D eigenvalue weighted by molar-refractivity contribution is 5.68. The first kappa shape index (κ1) is 16.2. The van der Waals surface area contributed by atoms with Gasteiger partial charge in [-0.05, 0) is 46.0 Å². The molecular weight excluding hydrogens is 244 g/mol. The van der Waals surface area contributed by atoms with E-state index in [0.29, 0.717) is 12.5 Å². The van der Waals surface area contributed by atoms with Crippen molar-refractivity contribution in [1.82, 2.24) is 4.90 Å². The number of ether oxygens (including phenoxy) is 2. The fraction of sp³-hybridized carbons (Fsp3) is 0.929. The summed E-state index contributed by atoms with van der Waals surface area (Å²) in [6, 6.07) is 0.0153. The van der Waals surface area contributed by atoms with Crippen LogP contribution in [0, 0.1) is 5.92 Å². The van der Waals surface area contributed by atoms with Gasteiger partial charge in [-0.1, -0.05) is 0 Å². The zero-order valence-electron chi connectivity index (χ0n) is 12.6. The molecule has 19 heavy (non-hydrogen) atoms. The van der Waals surface area contributed by atoms with E-state index in [1.165, 1.54) is 0 Å². The average molecular weight is 272 g/mol. The summed E-state index contributed by atoms with van der Waals surface area (Å²) < 4.78 is 10.8. The third-order valence-electron chi connectivity index (χ3n) is 3.36. The molecule has 1 aliphatic heterocycles. The lowest BCUT2D eigenvalue weighted by molar-refractivity contribution is 0.0123. The zero-order valence-corrected chi connectivity index (χ0v) is 12.6. The summed E-state index contributed by atoms with van der Waals surface area (Å²) in [5.74, 6) is 0.493. The molecule has 0 radical (unpaired) electrons. The Hall–Kier alpha value is -0.810. The normalized spacial score (nSPS) is 21.8. The molecule has 0 aromatic heterocycles. The van der Waals surface area contributed by atoms with Gasteiger partial charge in [-0.15, -0.1) is 0 Å². The Balaban J connectivity index is 2.50. The minimum atomic E-state index is -0.474. The number of hydrogen-bond donors (Lipinski definition) is 1. The molecule has 2 atom stereocenters. The molecule has 112 valence electrons. The molecule has 1 aliphatic rings. The molecule has 1 heterocycles. The van der Waals surface area contributed by atoms with Crippen LogP contribution in [0.15, 0.2) is 0 Å². The van der Waals surface area contributed by atoms with Gasteiger partial charge in [0.1, 0.15) is 5.60 Å². The van der Waals surface area contributed by atoms with Crippen LogP contribution in [0.1, 0.15) is 40.0 Å². The van der Waals surface area contributed by atoms with Crippen molar-refractivity contribution in [3.63, 3.8) is 0 Å². The maximum atomic E-state index is 12.0. The van der Waals surface area contributed by atoms with Crippen LogP contribution < -0.4 is 5.73 Å². The Morgan fingerprint density at radius 3 is 2.68 bits per heavy atom. The van der Waals surface area contributed by atoms with E-state index >= 15 is 0 Å². The van der Waals surface area contributed by atoms with E-state index in [1.54, 1.807) is 11.9 Å². The van der Waals surface area contributed by atoms with Crippen LogP contribution >= 0.6 is 0 Å². The molecule has 0 spiro atoms. The summed E-state index contributed by atoms with van der Waals surface area (Å²) in [6.07, 6.45) is 2.82. The maximum absolute atomic E-state index is 12.0. The van der Waals surface area contributed by atoms with Crippen LogP contribution in [-0.4, -0.2) is 49.4 Å². The van der Waals surface area contributed by atoms with Crippen LogP contribution in [0.25, 0.3) is 0 Å². The number of likely N-dealkylation sites (N-methyl/N-ethyl adjacent to an activating group) is 1. The first-order chi connectivity index (χ1) is 8.83. The number of nitrogens with two attached hydrogens (primary N) is 1. The van der Waals surface area contributed by atoms with E-state index in [2.05, 4.69) is 0 Å². The molecule has 2 unspecified atom stereocenters. The topological polar surface area (TPSA) is 64.8 Å². The summed E-state index contributed by atoms with van der Waals surface area (Å²) >= 11 is 0. The van der Waals surface area contributed by atoms with Crippen molar-refractivity contribution in [2.75, 3.05) is 26.8 Å². The van der Waals surface area contributed by atoms with E-state index in [0.717, 1.165) is 32.5 Å². The molecule has 5 nitrogen and oxygen atoms in total. The predicted octanol–water partition coefficient (Wildman–Crippen LogP) is 2.00. The third kappa shape index (κ3) is 5.78. The number of nitrogens with zero attached hydrogens (tertiary/aromatic N) is 1. The van der Waals surface area contributed by atoms with Crippen molar-refractivity contribution in [2.24, 2.45) is 11.7 Å². The van der Waals surface area contributed by atoms with E-state index in [4.69, 9.17) is 15.2 Å². The second kappa shape index (κ2) is 7.10. The number of carbonyl (C=O) groups is 1. The van der Waals surface area contributed by atoms with Crippen molar-refractivity contribution >= 4 is 6.09 Å².